The van der Waals surface area contributed by atoms with Gasteiger partial charge in [-0.1, -0.05) is 15.9 Å². The number of carbonyl (C=O) groups is 1. The number of carbonyl (C=O) groups excluding carboxylic acids is 1. The van der Waals surface area contributed by atoms with Gasteiger partial charge >= 0.3 is 0 Å². The van der Waals surface area contributed by atoms with Crippen LogP contribution in [-0.2, 0) is 11.3 Å². The number of nitrogens with zero attached hydrogens (tertiary/aromatic N) is 1. The highest BCUT2D eigenvalue weighted by Crippen LogP contribution is 2.23. The van der Waals surface area contributed by atoms with Crippen molar-refractivity contribution in [3.8, 4) is 0 Å². The van der Waals surface area contributed by atoms with Gasteiger partial charge in [-0.05, 0) is 49.1 Å². The number of rotatable bonds is 4. The van der Waals surface area contributed by atoms with Crippen LogP contribution in [0.25, 0.3) is 0 Å². The molecule has 1 aliphatic rings. The van der Waals surface area contributed by atoms with Gasteiger partial charge in [-0.15, -0.1) is 0 Å². The molecule has 0 spiro atoms. The molecule has 1 aromatic rings. The van der Waals surface area contributed by atoms with Crippen molar-refractivity contribution in [2.24, 2.45) is 5.92 Å². The van der Waals surface area contributed by atoms with Crippen molar-refractivity contribution in [3.05, 3.63) is 34.1 Å². The van der Waals surface area contributed by atoms with E-state index in [0.29, 0.717) is 5.92 Å². The van der Waals surface area contributed by atoms with Crippen molar-refractivity contribution in [2.75, 3.05) is 19.6 Å². The Balaban J connectivity index is 1.92. The molecule has 0 aliphatic carbocycles. The number of piperidine rings is 1. The van der Waals surface area contributed by atoms with E-state index in [1.54, 1.807) is 19.1 Å². The third kappa shape index (κ3) is 4.56. The third-order valence-electron chi connectivity index (χ3n) is 3.64. The highest BCUT2D eigenvalue weighted by molar-refractivity contribution is 9.10. The summed E-state index contributed by atoms with van der Waals surface area (Å²) in [5.74, 6) is 0.310. The predicted octanol–water partition coefficient (Wildman–Crippen LogP) is 2.94. The van der Waals surface area contributed by atoms with Gasteiger partial charge in [-0.2, -0.15) is 0 Å². The highest BCUT2D eigenvalue weighted by atomic mass is 79.9. The van der Waals surface area contributed by atoms with Crippen LogP contribution in [0.15, 0.2) is 22.7 Å². The Kier molecular flexibility index (Phi) is 5.54. The quantitative estimate of drug-likeness (QED) is 0.912. The second-order valence-corrected chi connectivity index (χ2v) is 6.27. The third-order valence-corrected chi connectivity index (χ3v) is 4.42. The molecule has 1 saturated heterocycles. The highest BCUT2D eigenvalue weighted by Gasteiger charge is 2.20. The Morgan fingerprint density at radius 2 is 2.35 bits per heavy atom. The number of likely N-dealkylation sites (tertiary alicyclic amines) is 1. The molecular formula is C15H20BrFN2O. The summed E-state index contributed by atoms with van der Waals surface area (Å²) >= 11 is 3.47. The molecule has 0 radical (unpaired) electrons. The van der Waals surface area contributed by atoms with Gasteiger partial charge in [0.15, 0.2) is 0 Å². The average molecular weight is 343 g/mol. The Hall–Kier alpha value is -0.940. The maximum Gasteiger partial charge on any atom is 0.216 e. The van der Waals surface area contributed by atoms with Gasteiger partial charge in [0.25, 0.3) is 0 Å². The lowest BCUT2D eigenvalue weighted by atomic mass is 9.97. The molecule has 5 heteroatoms. The van der Waals surface area contributed by atoms with Crippen molar-refractivity contribution in [3.63, 3.8) is 0 Å². The summed E-state index contributed by atoms with van der Waals surface area (Å²) in [6.07, 6.45) is 2.26. The van der Waals surface area contributed by atoms with Gasteiger partial charge in [0.2, 0.25) is 5.91 Å². The number of halogens is 2. The van der Waals surface area contributed by atoms with Crippen molar-refractivity contribution in [1.82, 2.24) is 10.2 Å². The molecule has 2 rings (SSSR count). The smallest absolute Gasteiger partial charge is 0.216 e. The van der Waals surface area contributed by atoms with E-state index < -0.39 is 0 Å². The molecule has 1 aromatic carbocycles. The fourth-order valence-corrected chi connectivity index (χ4v) is 3.03. The largest absolute Gasteiger partial charge is 0.356 e. The fraction of sp³-hybridized carbons (Fsp3) is 0.533. The molecule has 1 heterocycles. The zero-order chi connectivity index (χ0) is 14.5. The van der Waals surface area contributed by atoms with Crippen LogP contribution in [0.5, 0.6) is 0 Å². The standard InChI is InChI=1S/C15H20BrFN2O/c1-11(20)18-8-12-3-2-6-19(9-12)10-13-7-14(17)4-5-15(13)16/h4-5,7,12H,2-3,6,8-10H2,1H3,(H,18,20)/t12-/m0/s1. The van der Waals surface area contributed by atoms with Crippen LogP contribution < -0.4 is 5.32 Å². The van der Waals surface area contributed by atoms with Crippen molar-refractivity contribution in [1.29, 1.82) is 0 Å². The molecule has 20 heavy (non-hydrogen) atoms. The SMILES string of the molecule is CC(=O)NC[C@@H]1CCCN(Cc2cc(F)ccc2Br)C1. The minimum atomic E-state index is -0.199. The summed E-state index contributed by atoms with van der Waals surface area (Å²) in [5.41, 5.74) is 0.977. The first kappa shape index (κ1) is 15.4. The first-order valence-corrected chi connectivity index (χ1v) is 7.74. The van der Waals surface area contributed by atoms with Gasteiger partial charge in [-0.3, -0.25) is 9.69 Å². The molecule has 0 saturated carbocycles. The molecule has 1 amide bonds. The number of nitrogens with one attached hydrogen (secondary N) is 1. The summed E-state index contributed by atoms with van der Waals surface area (Å²) in [6, 6.07) is 4.80. The van der Waals surface area contributed by atoms with Crippen LogP contribution in [0.4, 0.5) is 4.39 Å². The van der Waals surface area contributed by atoms with Crippen molar-refractivity contribution >= 4 is 21.8 Å². The molecule has 1 N–H and O–H groups in total. The van der Waals surface area contributed by atoms with E-state index in [1.165, 1.54) is 6.07 Å². The van der Waals surface area contributed by atoms with Crippen LogP contribution in [0.3, 0.4) is 0 Å². The molecule has 0 aromatic heterocycles. The zero-order valence-corrected chi connectivity index (χ0v) is 13.2. The van der Waals surface area contributed by atoms with E-state index in [-0.39, 0.29) is 11.7 Å². The van der Waals surface area contributed by atoms with Gasteiger partial charge in [-0.25, -0.2) is 4.39 Å². The first-order valence-electron chi connectivity index (χ1n) is 6.95. The van der Waals surface area contributed by atoms with Gasteiger partial charge in [0.05, 0.1) is 0 Å². The average Bonchev–Trinajstić information content (AvgIpc) is 2.41. The van der Waals surface area contributed by atoms with Gasteiger partial charge in [0.1, 0.15) is 5.82 Å². The maximum atomic E-state index is 13.3. The monoisotopic (exact) mass is 342 g/mol. The molecule has 1 aliphatic heterocycles. The van der Waals surface area contributed by atoms with Crippen LogP contribution >= 0.6 is 15.9 Å². The number of hydrogen-bond donors (Lipinski definition) is 1. The Morgan fingerprint density at radius 3 is 3.10 bits per heavy atom. The molecule has 1 fully saturated rings. The molecular weight excluding hydrogens is 323 g/mol. The van der Waals surface area contributed by atoms with Gasteiger partial charge in [0, 0.05) is 31.0 Å². The minimum absolute atomic E-state index is 0.0231. The Morgan fingerprint density at radius 1 is 1.55 bits per heavy atom. The lowest BCUT2D eigenvalue weighted by Crippen LogP contribution is -2.40. The summed E-state index contributed by atoms with van der Waals surface area (Å²) in [4.78, 5) is 13.3. The minimum Gasteiger partial charge on any atom is -0.356 e. The number of hydrogen-bond acceptors (Lipinski definition) is 2. The molecule has 0 unspecified atom stereocenters. The Labute approximate surface area is 127 Å². The van der Waals surface area contributed by atoms with E-state index in [4.69, 9.17) is 0 Å². The Bertz CT molecular complexity index is 481. The number of benzene rings is 1. The van der Waals surface area contributed by atoms with E-state index in [9.17, 15) is 9.18 Å². The van der Waals surface area contributed by atoms with E-state index in [1.807, 2.05) is 0 Å². The lowest BCUT2D eigenvalue weighted by Gasteiger charge is -2.33. The van der Waals surface area contributed by atoms with E-state index in [0.717, 1.165) is 49.1 Å². The maximum absolute atomic E-state index is 13.3. The molecule has 1 atom stereocenters. The second kappa shape index (κ2) is 7.18. The number of amides is 1. The normalized spacial score (nSPS) is 19.9. The van der Waals surface area contributed by atoms with Crippen molar-refractivity contribution in [2.45, 2.75) is 26.3 Å². The lowest BCUT2D eigenvalue weighted by molar-refractivity contribution is -0.119. The summed E-state index contributed by atoms with van der Waals surface area (Å²) in [7, 11) is 0. The van der Waals surface area contributed by atoms with Crippen LogP contribution in [0, 0.1) is 11.7 Å². The molecule has 110 valence electrons. The summed E-state index contributed by atoms with van der Waals surface area (Å²) < 4.78 is 14.2. The van der Waals surface area contributed by atoms with Crippen LogP contribution in [-0.4, -0.2) is 30.4 Å². The fourth-order valence-electron chi connectivity index (χ4n) is 2.65. The first-order chi connectivity index (χ1) is 9.54. The summed E-state index contributed by atoms with van der Waals surface area (Å²) in [6.45, 7) is 5.00. The predicted molar refractivity (Wildman–Crippen MR) is 80.8 cm³/mol. The van der Waals surface area contributed by atoms with E-state index >= 15 is 0 Å². The zero-order valence-electron chi connectivity index (χ0n) is 11.7. The molecule has 0 bridgehead atoms. The van der Waals surface area contributed by atoms with Gasteiger partial charge < -0.3 is 5.32 Å². The van der Waals surface area contributed by atoms with Crippen molar-refractivity contribution < 1.29 is 9.18 Å². The van der Waals surface area contributed by atoms with Crippen LogP contribution in [0.1, 0.15) is 25.3 Å². The topological polar surface area (TPSA) is 32.3 Å². The molecule has 3 nitrogen and oxygen atoms in total. The van der Waals surface area contributed by atoms with Crippen LogP contribution in [0.2, 0.25) is 0 Å². The second-order valence-electron chi connectivity index (χ2n) is 5.42. The van der Waals surface area contributed by atoms with E-state index in [2.05, 4.69) is 26.1 Å². The summed E-state index contributed by atoms with van der Waals surface area (Å²) in [5, 5.41) is 2.89.